The fourth-order valence-electron chi connectivity index (χ4n) is 3.29. The second-order valence-electron chi connectivity index (χ2n) is 6.60. The lowest BCUT2D eigenvalue weighted by atomic mass is 9.97. The predicted molar refractivity (Wildman–Crippen MR) is 104 cm³/mol. The van der Waals surface area contributed by atoms with Gasteiger partial charge in [0.05, 0.1) is 15.2 Å². The molecule has 1 aliphatic rings. The molecule has 1 aliphatic heterocycles. The number of pyridine rings is 1. The number of piperidine rings is 1. The van der Waals surface area contributed by atoms with E-state index < -0.39 is 0 Å². The number of nitrogens with zero attached hydrogens (tertiary/aromatic N) is 3. The molecule has 3 heterocycles. The number of likely N-dealkylation sites (tertiary alicyclic amines) is 1. The topological polar surface area (TPSA) is 55.2 Å². The molecule has 0 N–H and O–H groups in total. The molecular weight excluding hydrogens is 370 g/mol. The van der Waals surface area contributed by atoms with E-state index in [1.165, 1.54) is 10.6 Å². The summed E-state index contributed by atoms with van der Waals surface area (Å²) in [7, 11) is 1.67. The third-order valence-electron chi connectivity index (χ3n) is 4.85. The lowest BCUT2D eigenvalue weighted by Gasteiger charge is -2.31. The smallest absolute Gasteiger partial charge is 0.254 e. The third kappa shape index (κ3) is 3.27. The standard InChI is InChI=1S/C19H18ClN3O2S/c1-22-7-4-13(10-17(22)24)19(25)23-8-5-12(6-9-23)18-21-15-11-14(20)2-3-16(15)26-18/h2-4,7,10-12H,5-6,8-9H2,1H3. The van der Waals surface area contributed by atoms with Gasteiger partial charge in [-0.1, -0.05) is 11.6 Å². The third-order valence-corrected chi connectivity index (χ3v) is 6.28. The highest BCUT2D eigenvalue weighted by Crippen LogP contribution is 2.34. The van der Waals surface area contributed by atoms with E-state index in [9.17, 15) is 9.59 Å². The van der Waals surface area contributed by atoms with Gasteiger partial charge < -0.3 is 9.47 Å². The van der Waals surface area contributed by atoms with Crippen LogP contribution in [0.5, 0.6) is 0 Å². The number of halogens is 1. The minimum absolute atomic E-state index is 0.0720. The molecule has 0 saturated carbocycles. The van der Waals surface area contributed by atoms with Crippen molar-refractivity contribution in [1.29, 1.82) is 0 Å². The van der Waals surface area contributed by atoms with Crippen LogP contribution in [0.2, 0.25) is 5.02 Å². The molecule has 26 heavy (non-hydrogen) atoms. The predicted octanol–water partition coefficient (Wildman–Crippen LogP) is 3.67. The number of carbonyl (C=O) groups excluding carboxylic acids is 1. The number of hydrogen-bond acceptors (Lipinski definition) is 4. The SMILES string of the molecule is Cn1ccc(C(=O)N2CCC(c3nc4cc(Cl)ccc4s3)CC2)cc1=O. The Morgan fingerprint density at radius 1 is 1.23 bits per heavy atom. The van der Waals surface area contributed by atoms with Gasteiger partial charge >= 0.3 is 0 Å². The second kappa shape index (κ2) is 6.85. The van der Waals surface area contributed by atoms with Crippen LogP contribution in [-0.2, 0) is 7.05 Å². The van der Waals surface area contributed by atoms with E-state index in [1.54, 1.807) is 30.6 Å². The fraction of sp³-hybridized carbons (Fsp3) is 0.316. The van der Waals surface area contributed by atoms with Crippen molar-refractivity contribution in [3.8, 4) is 0 Å². The van der Waals surface area contributed by atoms with Crippen molar-refractivity contribution in [2.45, 2.75) is 18.8 Å². The summed E-state index contributed by atoms with van der Waals surface area (Å²) in [5.74, 6) is 0.288. The van der Waals surface area contributed by atoms with Crippen molar-refractivity contribution < 1.29 is 4.79 Å². The first-order chi connectivity index (χ1) is 12.5. The van der Waals surface area contributed by atoms with Gasteiger partial charge in [-0.25, -0.2) is 4.98 Å². The lowest BCUT2D eigenvalue weighted by molar-refractivity contribution is 0.0712. The molecular formula is C19H18ClN3O2S. The van der Waals surface area contributed by atoms with Gasteiger partial charge in [-0.15, -0.1) is 11.3 Å². The Labute approximate surface area is 159 Å². The minimum Gasteiger partial charge on any atom is -0.339 e. The Balaban J connectivity index is 1.46. The number of benzene rings is 1. The number of rotatable bonds is 2. The number of thiazole rings is 1. The molecule has 2 aromatic heterocycles. The Morgan fingerprint density at radius 3 is 2.73 bits per heavy atom. The summed E-state index contributed by atoms with van der Waals surface area (Å²) in [5, 5.41) is 1.81. The van der Waals surface area contributed by atoms with E-state index in [4.69, 9.17) is 16.6 Å². The number of aryl methyl sites for hydroxylation is 1. The van der Waals surface area contributed by atoms with Crippen molar-refractivity contribution in [1.82, 2.24) is 14.5 Å². The first-order valence-electron chi connectivity index (χ1n) is 8.53. The molecule has 1 aromatic carbocycles. The Bertz CT molecular complexity index is 1030. The lowest BCUT2D eigenvalue weighted by Crippen LogP contribution is -2.38. The van der Waals surface area contributed by atoms with Crippen LogP contribution in [0.1, 0.15) is 34.1 Å². The van der Waals surface area contributed by atoms with Crippen LogP contribution in [0.3, 0.4) is 0 Å². The Hall–Kier alpha value is -2.18. The van der Waals surface area contributed by atoms with Crippen molar-refractivity contribution in [2.24, 2.45) is 7.05 Å². The summed E-state index contributed by atoms with van der Waals surface area (Å²) in [5.41, 5.74) is 1.23. The molecule has 1 amide bonds. The van der Waals surface area contributed by atoms with E-state index in [-0.39, 0.29) is 11.5 Å². The van der Waals surface area contributed by atoms with Gasteiger partial charge in [-0.3, -0.25) is 9.59 Å². The monoisotopic (exact) mass is 387 g/mol. The van der Waals surface area contributed by atoms with Crippen molar-refractivity contribution in [2.75, 3.05) is 13.1 Å². The average Bonchev–Trinajstić information content (AvgIpc) is 3.06. The summed E-state index contributed by atoms with van der Waals surface area (Å²) in [6.07, 6.45) is 3.39. The van der Waals surface area contributed by atoms with Crippen molar-refractivity contribution in [3.63, 3.8) is 0 Å². The zero-order valence-corrected chi connectivity index (χ0v) is 15.9. The van der Waals surface area contributed by atoms with Crippen molar-refractivity contribution in [3.05, 3.63) is 62.5 Å². The van der Waals surface area contributed by atoms with E-state index in [0.717, 1.165) is 28.1 Å². The van der Waals surface area contributed by atoms with Gasteiger partial charge in [0.2, 0.25) is 0 Å². The summed E-state index contributed by atoms with van der Waals surface area (Å²) in [6, 6.07) is 8.90. The number of fused-ring (bicyclic) bond motifs is 1. The second-order valence-corrected chi connectivity index (χ2v) is 8.09. The van der Waals surface area contributed by atoms with E-state index in [1.807, 2.05) is 23.1 Å². The summed E-state index contributed by atoms with van der Waals surface area (Å²) < 4.78 is 2.60. The van der Waals surface area contributed by atoms with Gasteiger partial charge in [0.25, 0.3) is 11.5 Å². The maximum absolute atomic E-state index is 12.6. The summed E-state index contributed by atoms with van der Waals surface area (Å²) in [6.45, 7) is 1.35. The zero-order valence-electron chi connectivity index (χ0n) is 14.3. The van der Waals surface area contributed by atoms with Gasteiger partial charge in [-0.2, -0.15) is 0 Å². The highest BCUT2D eigenvalue weighted by atomic mass is 35.5. The van der Waals surface area contributed by atoms with E-state index in [2.05, 4.69) is 0 Å². The average molecular weight is 388 g/mol. The van der Waals surface area contributed by atoms with Crippen LogP contribution >= 0.6 is 22.9 Å². The fourth-order valence-corrected chi connectivity index (χ4v) is 4.57. The molecule has 5 nitrogen and oxygen atoms in total. The molecule has 0 atom stereocenters. The van der Waals surface area contributed by atoms with Crippen LogP contribution in [0.15, 0.2) is 41.3 Å². The Kier molecular flexibility index (Phi) is 4.54. The zero-order chi connectivity index (χ0) is 18.3. The molecule has 0 unspecified atom stereocenters. The molecule has 1 fully saturated rings. The molecule has 7 heteroatoms. The first kappa shape index (κ1) is 17.2. The van der Waals surface area contributed by atoms with Gasteiger partial charge in [0.1, 0.15) is 0 Å². The molecule has 4 rings (SSSR count). The van der Waals surface area contributed by atoms with Gasteiger partial charge in [-0.05, 0) is 37.1 Å². The van der Waals surface area contributed by atoms with Crippen LogP contribution in [-0.4, -0.2) is 33.4 Å². The normalized spacial score (nSPS) is 15.5. The maximum atomic E-state index is 12.6. The largest absolute Gasteiger partial charge is 0.339 e. The van der Waals surface area contributed by atoms with E-state index >= 15 is 0 Å². The maximum Gasteiger partial charge on any atom is 0.254 e. The molecule has 0 aliphatic carbocycles. The number of amides is 1. The number of carbonyl (C=O) groups is 1. The number of hydrogen-bond donors (Lipinski definition) is 0. The quantitative estimate of drug-likeness (QED) is 0.674. The molecule has 3 aromatic rings. The molecule has 1 saturated heterocycles. The van der Waals surface area contributed by atoms with Crippen LogP contribution in [0, 0.1) is 0 Å². The Morgan fingerprint density at radius 2 is 2.00 bits per heavy atom. The highest BCUT2D eigenvalue weighted by Gasteiger charge is 2.26. The molecule has 134 valence electrons. The molecule has 0 radical (unpaired) electrons. The first-order valence-corrected chi connectivity index (χ1v) is 9.72. The van der Waals surface area contributed by atoms with Gasteiger partial charge in [0, 0.05) is 48.9 Å². The highest BCUT2D eigenvalue weighted by molar-refractivity contribution is 7.18. The van der Waals surface area contributed by atoms with Gasteiger partial charge in [0.15, 0.2) is 0 Å². The molecule has 0 bridgehead atoms. The summed E-state index contributed by atoms with van der Waals surface area (Å²) >= 11 is 7.75. The van der Waals surface area contributed by atoms with Crippen LogP contribution < -0.4 is 5.56 Å². The summed E-state index contributed by atoms with van der Waals surface area (Å²) in [4.78, 5) is 30.9. The molecule has 0 spiro atoms. The van der Waals surface area contributed by atoms with Crippen molar-refractivity contribution >= 4 is 39.1 Å². The van der Waals surface area contributed by atoms with Crippen LogP contribution in [0.4, 0.5) is 0 Å². The van der Waals surface area contributed by atoms with E-state index in [0.29, 0.717) is 29.6 Å². The minimum atomic E-state index is -0.168. The van der Waals surface area contributed by atoms with Crippen LogP contribution in [0.25, 0.3) is 10.2 Å². The number of aromatic nitrogens is 2.